The quantitative estimate of drug-likeness (QED) is 0.647. The summed E-state index contributed by atoms with van der Waals surface area (Å²) < 4.78 is 1.50. The maximum absolute atomic E-state index is 13.3. The number of carbonyl (C=O) groups is 2. The van der Waals surface area contributed by atoms with E-state index < -0.39 is 11.4 Å². The van der Waals surface area contributed by atoms with Gasteiger partial charge >= 0.3 is 5.97 Å². The van der Waals surface area contributed by atoms with Crippen molar-refractivity contribution in [3.63, 3.8) is 0 Å². The Balaban J connectivity index is 2.39. The van der Waals surface area contributed by atoms with E-state index in [9.17, 15) is 19.8 Å². The molecular formula is C22H22ClNO4. The standard InChI is InChI=1S/C22H22ClNO4/c1-12(2)22(4,21(27)28)19-13(3)24(18-9-8-16(25)11-17(18)19)20(26)14-6-5-7-15(23)10-14/h5-12,25H,1-4H3,(H,27,28)/t22-/m1/s1. The molecule has 0 aliphatic heterocycles. The van der Waals surface area contributed by atoms with E-state index in [0.717, 1.165) is 0 Å². The molecule has 0 saturated carbocycles. The van der Waals surface area contributed by atoms with Crippen LogP contribution in [0.1, 0.15) is 42.4 Å². The summed E-state index contributed by atoms with van der Waals surface area (Å²) >= 11 is 6.04. The molecule has 28 heavy (non-hydrogen) atoms. The lowest BCUT2D eigenvalue weighted by molar-refractivity contribution is -0.145. The lowest BCUT2D eigenvalue weighted by Gasteiger charge is -2.30. The number of hydrogen-bond donors (Lipinski definition) is 2. The molecule has 1 atom stereocenters. The van der Waals surface area contributed by atoms with Crippen molar-refractivity contribution in [1.29, 1.82) is 0 Å². The smallest absolute Gasteiger partial charge is 0.314 e. The van der Waals surface area contributed by atoms with Gasteiger partial charge in [-0.15, -0.1) is 0 Å². The topological polar surface area (TPSA) is 79.5 Å². The highest BCUT2D eigenvalue weighted by Crippen LogP contribution is 2.42. The van der Waals surface area contributed by atoms with Crippen LogP contribution in [0.2, 0.25) is 5.02 Å². The first-order valence-corrected chi connectivity index (χ1v) is 9.35. The van der Waals surface area contributed by atoms with Gasteiger partial charge < -0.3 is 10.2 Å². The molecule has 1 heterocycles. The van der Waals surface area contributed by atoms with Crippen molar-refractivity contribution in [2.24, 2.45) is 5.92 Å². The summed E-state index contributed by atoms with van der Waals surface area (Å²) in [5, 5.41) is 21.1. The predicted molar refractivity (Wildman–Crippen MR) is 109 cm³/mol. The molecule has 1 aromatic heterocycles. The van der Waals surface area contributed by atoms with Crippen LogP contribution in [-0.2, 0) is 10.2 Å². The number of benzene rings is 2. The zero-order valence-electron chi connectivity index (χ0n) is 16.2. The van der Waals surface area contributed by atoms with Crippen molar-refractivity contribution < 1.29 is 19.8 Å². The summed E-state index contributed by atoms with van der Waals surface area (Å²) in [7, 11) is 0. The Morgan fingerprint density at radius 2 is 1.82 bits per heavy atom. The van der Waals surface area contributed by atoms with Crippen molar-refractivity contribution in [3.8, 4) is 5.75 Å². The SMILES string of the molecule is Cc1c([C@](C)(C(=O)O)C(C)C)c2cc(O)ccc2n1C(=O)c1cccc(Cl)c1. The van der Waals surface area contributed by atoms with Gasteiger partial charge in [0.1, 0.15) is 5.75 Å². The third-order valence-corrected chi connectivity index (χ3v) is 5.82. The summed E-state index contributed by atoms with van der Waals surface area (Å²) in [5.41, 5.74) is 0.758. The zero-order chi connectivity index (χ0) is 20.8. The molecule has 0 aliphatic rings. The summed E-state index contributed by atoms with van der Waals surface area (Å²) in [6.07, 6.45) is 0. The Morgan fingerprint density at radius 1 is 1.14 bits per heavy atom. The van der Waals surface area contributed by atoms with Gasteiger partial charge in [-0.1, -0.05) is 31.5 Å². The average Bonchev–Trinajstić information content (AvgIpc) is 2.91. The summed E-state index contributed by atoms with van der Waals surface area (Å²) in [6, 6.07) is 11.3. The second-order valence-corrected chi connectivity index (χ2v) is 7.91. The lowest BCUT2D eigenvalue weighted by Crippen LogP contribution is -2.38. The number of nitrogens with zero attached hydrogens (tertiary/aromatic N) is 1. The number of phenolic OH excluding ortho intramolecular Hbond substituents is 1. The molecule has 146 valence electrons. The van der Waals surface area contributed by atoms with E-state index in [1.54, 1.807) is 44.2 Å². The van der Waals surface area contributed by atoms with Crippen molar-refractivity contribution in [2.45, 2.75) is 33.1 Å². The van der Waals surface area contributed by atoms with Crippen molar-refractivity contribution in [3.05, 3.63) is 64.3 Å². The lowest BCUT2D eigenvalue weighted by atomic mass is 9.72. The van der Waals surface area contributed by atoms with E-state index >= 15 is 0 Å². The fourth-order valence-corrected chi connectivity index (χ4v) is 3.91. The Labute approximate surface area is 168 Å². The number of phenols is 1. The average molecular weight is 400 g/mol. The minimum Gasteiger partial charge on any atom is -0.508 e. The molecule has 0 radical (unpaired) electrons. The van der Waals surface area contributed by atoms with E-state index in [0.29, 0.717) is 32.7 Å². The third-order valence-electron chi connectivity index (χ3n) is 5.58. The number of carbonyl (C=O) groups excluding carboxylic acids is 1. The molecule has 0 saturated heterocycles. The Kier molecular flexibility index (Phi) is 4.98. The van der Waals surface area contributed by atoms with Gasteiger partial charge in [0, 0.05) is 21.7 Å². The molecule has 3 aromatic rings. The van der Waals surface area contributed by atoms with Gasteiger partial charge in [-0.05, 0) is 61.7 Å². The number of carboxylic acids is 1. The van der Waals surface area contributed by atoms with Crippen LogP contribution < -0.4 is 0 Å². The number of aromatic nitrogens is 1. The predicted octanol–water partition coefficient (Wildman–Crippen LogP) is 5.00. The van der Waals surface area contributed by atoms with Crippen LogP contribution in [0.15, 0.2) is 42.5 Å². The largest absolute Gasteiger partial charge is 0.508 e. The molecule has 5 nitrogen and oxygen atoms in total. The number of rotatable bonds is 4. The number of aliphatic carboxylic acids is 1. The number of halogens is 1. The van der Waals surface area contributed by atoms with E-state index in [1.807, 2.05) is 13.8 Å². The summed E-state index contributed by atoms with van der Waals surface area (Å²) in [6.45, 7) is 7.05. The Morgan fingerprint density at radius 3 is 2.39 bits per heavy atom. The van der Waals surface area contributed by atoms with Crippen LogP contribution in [-0.4, -0.2) is 26.7 Å². The molecule has 0 amide bonds. The van der Waals surface area contributed by atoms with Gasteiger partial charge in [0.25, 0.3) is 5.91 Å². The first-order chi connectivity index (χ1) is 13.1. The molecule has 0 unspecified atom stereocenters. The third kappa shape index (κ3) is 2.96. The van der Waals surface area contributed by atoms with Crippen LogP contribution in [0.3, 0.4) is 0 Å². The Hall–Kier alpha value is -2.79. The molecular weight excluding hydrogens is 378 g/mol. The second-order valence-electron chi connectivity index (χ2n) is 7.47. The van der Waals surface area contributed by atoms with Crippen LogP contribution in [0, 0.1) is 12.8 Å². The fourth-order valence-electron chi connectivity index (χ4n) is 3.72. The molecule has 0 spiro atoms. The first kappa shape index (κ1) is 20.0. The van der Waals surface area contributed by atoms with E-state index in [2.05, 4.69) is 0 Å². The maximum Gasteiger partial charge on any atom is 0.314 e. The van der Waals surface area contributed by atoms with Crippen molar-refractivity contribution >= 4 is 34.4 Å². The van der Waals surface area contributed by atoms with Gasteiger partial charge in [-0.25, -0.2) is 0 Å². The van der Waals surface area contributed by atoms with Gasteiger partial charge in [0.15, 0.2) is 0 Å². The van der Waals surface area contributed by atoms with Crippen molar-refractivity contribution in [1.82, 2.24) is 4.57 Å². The number of carboxylic acid groups (broad SMARTS) is 1. The van der Waals surface area contributed by atoms with E-state index in [4.69, 9.17) is 11.6 Å². The number of fused-ring (bicyclic) bond motifs is 1. The highest BCUT2D eigenvalue weighted by atomic mass is 35.5. The highest BCUT2D eigenvalue weighted by molar-refractivity contribution is 6.31. The first-order valence-electron chi connectivity index (χ1n) is 8.97. The monoisotopic (exact) mass is 399 g/mol. The van der Waals surface area contributed by atoms with Crippen LogP contribution in [0.5, 0.6) is 5.75 Å². The van der Waals surface area contributed by atoms with E-state index in [1.165, 1.54) is 16.7 Å². The highest BCUT2D eigenvalue weighted by Gasteiger charge is 2.43. The molecule has 2 aromatic carbocycles. The van der Waals surface area contributed by atoms with Crippen LogP contribution >= 0.6 is 11.6 Å². The van der Waals surface area contributed by atoms with Crippen LogP contribution in [0.4, 0.5) is 0 Å². The maximum atomic E-state index is 13.3. The minimum atomic E-state index is -1.24. The van der Waals surface area contributed by atoms with Crippen LogP contribution in [0.25, 0.3) is 10.9 Å². The fraction of sp³-hybridized carbons (Fsp3) is 0.273. The van der Waals surface area contributed by atoms with Gasteiger partial charge in [-0.3, -0.25) is 14.2 Å². The summed E-state index contributed by atoms with van der Waals surface area (Å²) in [4.78, 5) is 25.6. The normalized spacial score (nSPS) is 13.6. The molecule has 0 aliphatic carbocycles. The Bertz CT molecular complexity index is 1100. The number of aromatic hydroxyl groups is 1. The number of hydrogen-bond acceptors (Lipinski definition) is 3. The molecule has 0 fully saturated rings. The van der Waals surface area contributed by atoms with Gasteiger partial charge in [0.2, 0.25) is 0 Å². The van der Waals surface area contributed by atoms with E-state index in [-0.39, 0.29) is 17.6 Å². The minimum absolute atomic E-state index is 0.0117. The zero-order valence-corrected chi connectivity index (χ0v) is 16.9. The van der Waals surface area contributed by atoms with Gasteiger partial charge in [-0.2, -0.15) is 0 Å². The molecule has 6 heteroatoms. The molecule has 2 N–H and O–H groups in total. The van der Waals surface area contributed by atoms with Gasteiger partial charge in [0.05, 0.1) is 10.9 Å². The second kappa shape index (κ2) is 6.99. The molecule has 3 rings (SSSR count). The molecule has 0 bridgehead atoms. The van der Waals surface area contributed by atoms with Crippen molar-refractivity contribution in [2.75, 3.05) is 0 Å². The summed E-state index contributed by atoms with van der Waals surface area (Å²) in [5.74, 6) is -1.52.